The van der Waals surface area contributed by atoms with Crippen molar-refractivity contribution in [2.24, 2.45) is 0 Å². The van der Waals surface area contributed by atoms with Crippen molar-refractivity contribution in [3.8, 4) is 22.6 Å². The van der Waals surface area contributed by atoms with Crippen LogP contribution in [-0.2, 0) is 6.42 Å². The molecule has 0 bridgehead atoms. The van der Waals surface area contributed by atoms with E-state index in [2.05, 4.69) is 0 Å². The van der Waals surface area contributed by atoms with E-state index >= 15 is 0 Å². The van der Waals surface area contributed by atoms with Crippen molar-refractivity contribution in [1.82, 2.24) is 0 Å². The highest BCUT2D eigenvalue weighted by atomic mass is 16.5. The third-order valence-corrected chi connectivity index (χ3v) is 5.22. The Balaban J connectivity index is 1.78. The molecule has 0 atom stereocenters. The van der Waals surface area contributed by atoms with Crippen LogP contribution in [0.25, 0.3) is 11.1 Å². The van der Waals surface area contributed by atoms with Crippen LogP contribution >= 0.6 is 0 Å². The van der Waals surface area contributed by atoms with Gasteiger partial charge in [0, 0.05) is 12.0 Å². The molecule has 4 heteroatoms. The van der Waals surface area contributed by atoms with Gasteiger partial charge in [-0.05, 0) is 55.0 Å². The zero-order valence-electron chi connectivity index (χ0n) is 13.7. The maximum absolute atomic E-state index is 11.1. The van der Waals surface area contributed by atoms with E-state index in [1.807, 2.05) is 24.3 Å². The van der Waals surface area contributed by atoms with E-state index in [-0.39, 0.29) is 5.60 Å². The van der Waals surface area contributed by atoms with Crippen LogP contribution in [0.5, 0.6) is 11.5 Å². The zero-order valence-corrected chi connectivity index (χ0v) is 13.7. The monoisotopic (exact) mass is 324 g/mol. The van der Waals surface area contributed by atoms with Crippen molar-refractivity contribution in [2.75, 3.05) is 7.11 Å². The number of aromatic carboxylic acids is 1. The number of carbonyl (C=O) groups is 1. The fourth-order valence-electron chi connectivity index (χ4n) is 3.99. The van der Waals surface area contributed by atoms with E-state index < -0.39 is 5.97 Å². The van der Waals surface area contributed by atoms with E-state index in [0.29, 0.717) is 5.56 Å². The number of fused-ring (bicyclic) bond motifs is 1. The summed E-state index contributed by atoms with van der Waals surface area (Å²) >= 11 is 0. The molecule has 1 aliphatic carbocycles. The lowest BCUT2D eigenvalue weighted by atomic mass is 9.90. The SMILES string of the molecule is COc1ccc(-c2ccc(C(=O)O)cc2)c2c1OC1(CCCC1)C2. The van der Waals surface area contributed by atoms with Gasteiger partial charge in [-0.25, -0.2) is 4.79 Å². The Morgan fingerprint density at radius 3 is 2.46 bits per heavy atom. The molecule has 1 fully saturated rings. The van der Waals surface area contributed by atoms with Crippen LogP contribution in [0.15, 0.2) is 36.4 Å². The number of ether oxygens (including phenoxy) is 2. The molecule has 1 saturated carbocycles. The summed E-state index contributed by atoms with van der Waals surface area (Å²) in [6.07, 6.45) is 5.48. The van der Waals surface area contributed by atoms with E-state index in [1.165, 1.54) is 18.4 Å². The highest BCUT2D eigenvalue weighted by molar-refractivity contribution is 5.88. The standard InChI is InChI=1S/C20H20O4/c1-23-17-9-8-15(13-4-6-14(7-5-13)19(21)22)16-12-20(24-18(16)17)10-2-3-11-20/h4-9H,2-3,10-12H2,1H3,(H,21,22). The molecule has 1 spiro atoms. The van der Waals surface area contributed by atoms with Crippen molar-refractivity contribution >= 4 is 5.97 Å². The summed E-state index contributed by atoms with van der Waals surface area (Å²) in [4.78, 5) is 11.1. The molecular weight excluding hydrogens is 304 g/mol. The van der Waals surface area contributed by atoms with Crippen LogP contribution in [0.4, 0.5) is 0 Å². The number of carboxylic acids is 1. The number of rotatable bonds is 3. The van der Waals surface area contributed by atoms with Crippen LogP contribution < -0.4 is 9.47 Å². The third kappa shape index (κ3) is 2.33. The largest absolute Gasteiger partial charge is 0.493 e. The van der Waals surface area contributed by atoms with Crippen molar-refractivity contribution in [3.05, 3.63) is 47.5 Å². The summed E-state index contributed by atoms with van der Waals surface area (Å²) in [5.74, 6) is 0.730. The Morgan fingerprint density at radius 1 is 1.12 bits per heavy atom. The van der Waals surface area contributed by atoms with Gasteiger partial charge < -0.3 is 14.6 Å². The lowest BCUT2D eigenvalue weighted by Crippen LogP contribution is -2.30. The molecule has 2 aromatic rings. The van der Waals surface area contributed by atoms with Gasteiger partial charge in [0.05, 0.1) is 12.7 Å². The van der Waals surface area contributed by atoms with Gasteiger partial charge in [0.2, 0.25) is 0 Å². The Bertz CT molecular complexity index is 786. The molecule has 0 amide bonds. The van der Waals surface area contributed by atoms with Gasteiger partial charge in [0.15, 0.2) is 11.5 Å². The molecule has 124 valence electrons. The predicted octanol–water partition coefficient (Wildman–Crippen LogP) is 4.31. The fourth-order valence-corrected chi connectivity index (χ4v) is 3.99. The Kier molecular flexibility index (Phi) is 3.48. The molecule has 4 rings (SSSR count). The van der Waals surface area contributed by atoms with Crippen molar-refractivity contribution in [3.63, 3.8) is 0 Å². The minimum atomic E-state index is -0.908. The average molecular weight is 324 g/mol. The minimum Gasteiger partial charge on any atom is -0.493 e. The Labute approximate surface area is 141 Å². The van der Waals surface area contributed by atoms with Gasteiger partial charge in [-0.2, -0.15) is 0 Å². The van der Waals surface area contributed by atoms with E-state index in [4.69, 9.17) is 14.6 Å². The lowest BCUT2D eigenvalue weighted by Gasteiger charge is -2.22. The first-order valence-electron chi connectivity index (χ1n) is 8.34. The van der Waals surface area contributed by atoms with Crippen molar-refractivity contribution in [2.45, 2.75) is 37.7 Å². The van der Waals surface area contributed by atoms with Gasteiger partial charge in [0.1, 0.15) is 5.60 Å². The smallest absolute Gasteiger partial charge is 0.335 e. The second kappa shape index (κ2) is 5.55. The van der Waals surface area contributed by atoms with Gasteiger partial charge >= 0.3 is 5.97 Å². The van der Waals surface area contributed by atoms with Crippen molar-refractivity contribution in [1.29, 1.82) is 0 Å². The first-order valence-corrected chi connectivity index (χ1v) is 8.34. The van der Waals surface area contributed by atoms with Gasteiger partial charge in [-0.1, -0.05) is 18.2 Å². The number of carboxylic acid groups (broad SMARTS) is 1. The predicted molar refractivity (Wildman–Crippen MR) is 90.9 cm³/mol. The van der Waals surface area contributed by atoms with Crippen LogP contribution in [0, 0.1) is 0 Å². The van der Waals surface area contributed by atoms with Gasteiger partial charge in [0.25, 0.3) is 0 Å². The molecule has 2 aliphatic rings. The highest BCUT2D eigenvalue weighted by Crippen LogP contribution is 2.51. The topological polar surface area (TPSA) is 55.8 Å². The Hall–Kier alpha value is -2.49. The number of hydrogen-bond acceptors (Lipinski definition) is 3. The highest BCUT2D eigenvalue weighted by Gasteiger charge is 2.44. The molecule has 1 heterocycles. The minimum absolute atomic E-state index is 0.0767. The average Bonchev–Trinajstić information content (AvgIpc) is 3.20. The summed E-state index contributed by atoms with van der Waals surface area (Å²) in [6.45, 7) is 0. The maximum Gasteiger partial charge on any atom is 0.335 e. The first kappa shape index (κ1) is 15.1. The van der Waals surface area contributed by atoms with Gasteiger partial charge in [-0.3, -0.25) is 0 Å². The summed E-state index contributed by atoms with van der Waals surface area (Å²) in [5.41, 5.74) is 3.52. The van der Waals surface area contributed by atoms with Crippen LogP contribution in [-0.4, -0.2) is 23.8 Å². The molecular formula is C20H20O4. The van der Waals surface area contributed by atoms with Crippen LogP contribution in [0.3, 0.4) is 0 Å². The second-order valence-corrected chi connectivity index (χ2v) is 6.67. The summed E-state index contributed by atoms with van der Waals surface area (Å²) < 4.78 is 11.9. The summed E-state index contributed by atoms with van der Waals surface area (Å²) in [7, 11) is 1.67. The summed E-state index contributed by atoms with van der Waals surface area (Å²) in [5, 5.41) is 9.07. The molecule has 0 saturated heterocycles. The first-order chi connectivity index (χ1) is 11.6. The molecule has 0 radical (unpaired) electrons. The van der Waals surface area contributed by atoms with Crippen LogP contribution in [0.1, 0.15) is 41.6 Å². The van der Waals surface area contributed by atoms with Crippen molar-refractivity contribution < 1.29 is 19.4 Å². The molecule has 0 unspecified atom stereocenters. The number of benzene rings is 2. The second-order valence-electron chi connectivity index (χ2n) is 6.67. The zero-order chi connectivity index (χ0) is 16.7. The summed E-state index contributed by atoms with van der Waals surface area (Å²) in [6, 6.07) is 11.0. The third-order valence-electron chi connectivity index (χ3n) is 5.22. The van der Waals surface area contributed by atoms with E-state index in [1.54, 1.807) is 19.2 Å². The van der Waals surface area contributed by atoms with E-state index in [0.717, 1.165) is 41.9 Å². The molecule has 1 aliphatic heterocycles. The molecule has 24 heavy (non-hydrogen) atoms. The maximum atomic E-state index is 11.1. The quantitative estimate of drug-likeness (QED) is 0.914. The van der Waals surface area contributed by atoms with Gasteiger partial charge in [-0.15, -0.1) is 0 Å². The molecule has 2 aromatic carbocycles. The van der Waals surface area contributed by atoms with E-state index in [9.17, 15) is 4.79 Å². The molecule has 0 aromatic heterocycles. The normalized spacial score (nSPS) is 17.5. The number of methoxy groups -OCH3 is 1. The molecule has 4 nitrogen and oxygen atoms in total. The fraction of sp³-hybridized carbons (Fsp3) is 0.350. The number of hydrogen-bond donors (Lipinski definition) is 1. The molecule has 1 N–H and O–H groups in total. The van der Waals surface area contributed by atoms with Crippen LogP contribution in [0.2, 0.25) is 0 Å². The lowest BCUT2D eigenvalue weighted by molar-refractivity contribution is 0.0697. The Morgan fingerprint density at radius 2 is 1.83 bits per heavy atom.